The van der Waals surface area contributed by atoms with Crippen LogP contribution in [0.3, 0.4) is 0 Å². The Bertz CT molecular complexity index is 542. The lowest BCUT2D eigenvalue weighted by atomic mass is 10.2. The Labute approximate surface area is 106 Å². The van der Waals surface area contributed by atoms with Gasteiger partial charge in [0.25, 0.3) is 5.91 Å². The summed E-state index contributed by atoms with van der Waals surface area (Å²) < 4.78 is 22.6. The van der Waals surface area contributed by atoms with Gasteiger partial charge in [-0.15, -0.1) is 0 Å². The predicted octanol–water partition coefficient (Wildman–Crippen LogP) is -0.00610. The first kappa shape index (κ1) is 12.8. The summed E-state index contributed by atoms with van der Waals surface area (Å²) in [6.07, 6.45) is 3.10. The predicted molar refractivity (Wildman–Crippen MR) is 68.3 cm³/mol. The van der Waals surface area contributed by atoms with Gasteiger partial charge in [0.05, 0.1) is 17.1 Å². The molecule has 0 atom stereocenters. The average Bonchev–Trinajstić information content (AvgIpc) is 2.38. The Kier molecular flexibility index (Phi) is 3.51. The normalized spacial score (nSPS) is 18.4. The van der Waals surface area contributed by atoms with Crippen molar-refractivity contribution in [1.29, 1.82) is 0 Å². The number of hydrogen-bond donors (Lipinski definition) is 1. The Morgan fingerprint density at radius 3 is 2.67 bits per heavy atom. The van der Waals surface area contributed by atoms with E-state index in [0.29, 0.717) is 11.3 Å². The molecule has 2 rings (SSSR count). The highest BCUT2D eigenvalue weighted by Gasteiger charge is 2.26. The molecule has 0 saturated carbocycles. The van der Waals surface area contributed by atoms with Crippen LogP contribution >= 0.6 is 0 Å². The van der Waals surface area contributed by atoms with E-state index in [2.05, 4.69) is 10.3 Å². The molecule has 0 spiro atoms. The van der Waals surface area contributed by atoms with Crippen molar-refractivity contribution in [3.05, 3.63) is 24.0 Å². The lowest BCUT2D eigenvalue weighted by Gasteiger charge is -2.27. The van der Waals surface area contributed by atoms with E-state index in [4.69, 9.17) is 0 Å². The van der Waals surface area contributed by atoms with Crippen LogP contribution in [0.5, 0.6) is 0 Å². The van der Waals surface area contributed by atoms with Gasteiger partial charge in [-0.05, 0) is 6.07 Å². The van der Waals surface area contributed by atoms with Crippen LogP contribution in [-0.2, 0) is 9.84 Å². The Morgan fingerprint density at radius 2 is 2.06 bits per heavy atom. The van der Waals surface area contributed by atoms with E-state index in [0.717, 1.165) is 0 Å². The number of rotatable bonds is 2. The second-order valence-electron chi connectivity index (χ2n) is 4.12. The number of nitrogens with one attached hydrogen (secondary N) is 1. The van der Waals surface area contributed by atoms with Gasteiger partial charge < -0.3 is 10.2 Å². The van der Waals surface area contributed by atoms with Crippen LogP contribution in [0, 0.1) is 0 Å². The second-order valence-corrected chi connectivity index (χ2v) is 6.42. The first-order chi connectivity index (χ1) is 8.53. The van der Waals surface area contributed by atoms with Crippen molar-refractivity contribution in [3.63, 3.8) is 0 Å². The quantitative estimate of drug-likeness (QED) is 0.817. The van der Waals surface area contributed by atoms with Crippen molar-refractivity contribution < 1.29 is 13.2 Å². The van der Waals surface area contributed by atoms with Gasteiger partial charge in [-0.2, -0.15) is 0 Å². The Hall–Kier alpha value is -1.63. The summed E-state index contributed by atoms with van der Waals surface area (Å²) in [6, 6.07) is 1.72. The SMILES string of the molecule is CNc1ccncc1C(=O)N1CCS(=O)(=O)CC1. The van der Waals surface area contributed by atoms with Gasteiger partial charge in [0, 0.05) is 38.2 Å². The van der Waals surface area contributed by atoms with Crippen LogP contribution in [0.25, 0.3) is 0 Å². The first-order valence-corrected chi connectivity index (χ1v) is 7.47. The molecule has 1 fully saturated rings. The van der Waals surface area contributed by atoms with E-state index in [1.807, 2.05) is 0 Å². The molecule has 1 aliphatic heterocycles. The molecule has 18 heavy (non-hydrogen) atoms. The molecule has 1 amide bonds. The van der Waals surface area contributed by atoms with Crippen molar-refractivity contribution >= 4 is 21.4 Å². The fourth-order valence-electron chi connectivity index (χ4n) is 1.87. The molecule has 7 heteroatoms. The van der Waals surface area contributed by atoms with Crippen LogP contribution in [0.1, 0.15) is 10.4 Å². The van der Waals surface area contributed by atoms with Crippen LogP contribution in [0.4, 0.5) is 5.69 Å². The molecule has 0 aliphatic carbocycles. The Morgan fingerprint density at radius 1 is 1.39 bits per heavy atom. The topological polar surface area (TPSA) is 79.4 Å². The molecule has 1 aromatic rings. The van der Waals surface area contributed by atoms with Gasteiger partial charge in [0.2, 0.25) is 0 Å². The van der Waals surface area contributed by atoms with E-state index in [9.17, 15) is 13.2 Å². The molecule has 1 N–H and O–H groups in total. The standard InChI is InChI=1S/C11H15N3O3S/c1-12-10-2-3-13-8-9(10)11(15)14-4-6-18(16,17)7-5-14/h2-3,8H,4-7H2,1H3,(H,12,13). The Balaban J connectivity index is 2.17. The van der Waals surface area contributed by atoms with Gasteiger partial charge in [0.1, 0.15) is 0 Å². The highest BCUT2D eigenvalue weighted by molar-refractivity contribution is 7.91. The van der Waals surface area contributed by atoms with E-state index in [1.54, 1.807) is 24.2 Å². The van der Waals surface area contributed by atoms with Crippen LogP contribution in [0.2, 0.25) is 0 Å². The zero-order valence-electron chi connectivity index (χ0n) is 10.1. The van der Waals surface area contributed by atoms with Crippen LogP contribution in [-0.4, -0.2) is 55.9 Å². The summed E-state index contributed by atoms with van der Waals surface area (Å²) in [5.41, 5.74) is 1.17. The maximum absolute atomic E-state index is 12.2. The fraction of sp³-hybridized carbons (Fsp3) is 0.455. The average molecular weight is 269 g/mol. The molecular weight excluding hydrogens is 254 g/mol. The van der Waals surface area contributed by atoms with E-state index in [-0.39, 0.29) is 30.5 Å². The molecule has 2 heterocycles. The molecule has 6 nitrogen and oxygen atoms in total. The number of aromatic nitrogens is 1. The first-order valence-electron chi connectivity index (χ1n) is 5.65. The summed E-state index contributed by atoms with van der Waals surface area (Å²) in [6.45, 7) is 0.498. The monoisotopic (exact) mass is 269 g/mol. The third-order valence-electron chi connectivity index (χ3n) is 2.95. The molecule has 98 valence electrons. The number of sulfone groups is 1. The van der Waals surface area contributed by atoms with Crippen LogP contribution < -0.4 is 5.32 Å². The second kappa shape index (κ2) is 4.93. The van der Waals surface area contributed by atoms with Gasteiger partial charge in [-0.1, -0.05) is 0 Å². The van der Waals surface area contributed by atoms with Gasteiger partial charge in [-0.3, -0.25) is 9.78 Å². The van der Waals surface area contributed by atoms with Crippen molar-refractivity contribution in [1.82, 2.24) is 9.88 Å². The smallest absolute Gasteiger partial charge is 0.257 e. The highest BCUT2D eigenvalue weighted by atomic mass is 32.2. The molecule has 0 radical (unpaired) electrons. The molecule has 0 aromatic carbocycles. The number of nitrogens with zero attached hydrogens (tertiary/aromatic N) is 2. The minimum Gasteiger partial charge on any atom is -0.387 e. The molecular formula is C11H15N3O3S. The number of amides is 1. The van der Waals surface area contributed by atoms with Crippen molar-refractivity contribution in [2.24, 2.45) is 0 Å². The number of carbonyl (C=O) groups excluding carboxylic acids is 1. The number of carbonyl (C=O) groups is 1. The molecule has 0 unspecified atom stereocenters. The van der Waals surface area contributed by atoms with Gasteiger partial charge in [-0.25, -0.2) is 8.42 Å². The zero-order valence-corrected chi connectivity index (χ0v) is 10.9. The minimum atomic E-state index is -2.97. The summed E-state index contributed by atoms with van der Waals surface area (Å²) >= 11 is 0. The summed E-state index contributed by atoms with van der Waals surface area (Å²) in [5.74, 6) is -0.107. The lowest BCUT2D eigenvalue weighted by molar-refractivity contribution is 0.0771. The molecule has 1 aromatic heterocycles. The van der Waals surface area contributed by atoms with Crippen molar-refractivity contribution in [2.75, 3.05) is 37.0 Å². The fourth-order valence-corrected chi connectivity index (χ4v) is 3.07. The van der Waals surface area contributed by atoms with Gasteiger partial charge >= 0.3 is 0 Å². The number of anilines is 1. The molecule has 0 bridgehead atoms. The molecule has 1 aliphatic rings. The van der Waals surface area contributed by atoms with Crippen molar-refractivity contribution in [3.8, 4) is 0 Å². The maximum atomic E-state index is 12.2. The van der Waals surface area contributed by atoms with E-state index < -0.39 is 9.84 Å². The van der Waals surface area contributed by atoms with E-state index >= 15 is 0 Å². The summed E-state index contributed by atoms with van der Waals surface area (Å²) in [7, 11) is -1.24. The lowest BCUT2D eigenvalue weighted by Crippen LogP contribution is -2.43. The highest BCUT2D eigenvalue weighted by Crippen LogP contribution is 2.16. The van der Waals surface area contributed by atoms with E-state index in [1.165, 1.54) is 6.20 Å². The van der Waals surface area contributed by atoms with Crippen LogP contribution in [0.15, 0.2) is 18.5 Å². The van der Waals surface area contributed by atoms with Crippen molar-refractivity contribution in [2.45, 2.75) is 0 Å². The summed E-state index contributed by atoms with van der Waals surface area (Å²) in [4.78, 5) is 17.7. The summed E-state index contributed by atoms with van der Waals surface area (Å²) in [5, 5.41) is 2.93. The minimum absolute atomic E-state index is 0.0356. The number of pyridine rings is 1. The number of hydrogen-bond acceptors (Lipinski definition) is 5. The largest absolute Gasteiger partial charge is 0.387 e. The van der Waals surface area contributed by atoms with Gasteiger partial charge in [0.15, 0.2) is 9.84 Å². The zero-order chi connectivity index (χ0) is 13.2. The molecule has 1 saturated heterocycles. The maximum Gasteiger partial charge on any atom is 0.257 e. The third-order valence-corrected chi connectivity index (χ3v) is 4.56. The third kappa shape index (κ3) is 2.61.